The van der Waals surface area contributed by atoms with Gasteiger partial charge >= 0.3 is 0 Å². The zero-order chi connectivity index (χ0) is 16.4. The highest BCUT2D eigenvalue weighted by molar-refractivity contribution is 6.08. The molecule has 0 bridgehead atoms. The molecule has 2 N–H and O–H groups in total. The van der Waals surface area contributed by atoms with Crippen molar-refractivity contribution in [3.63, 3.8) is 0 Å². The highest BCUT2D eigenvalue weighted by Gasteiger charge is 2.18. The number of benzene rings is 2. The maximum atomic E-state index is 14.1. The van der Waals surface area contributed by atoms with Crippen LogP contribution in [0.3, 0.4) is 0 Å². The van der Waals surface area contributed by atoms with Crippen LogP contribution in [0.1, 0.15) is 21.6 Å². The van der Waals surface area contributed by atoms with Crippen molar-refractivity contribution in [3.8, 4) is 5.75 Å². The molecular weight excluding hydrogens is 295 g/mol. The number of rotatable bonds is 4. The number of halogens is 1. The zero-order valence-electron chi connectivity index (χ0n) is 12.9. The van der Waals surface area contributed by atoms with Crippen LogP contribution in [0.5, 0.6) is 5.75 Å². The lowest BCUT2D eigenvalue weighted by molar-refractivity contribution is 0.0951. The first-order valence-corrected chi connectivity index (χ1v) is 7.28. The first kappa shape index (κ1) is 15.1. The molecule has 0 unspecified atom stereocenters. The van der Waals surface area contributed by atoms with E-state index in [-0.39, 0.29) is 5.91 Å². The number of amides is 1. The molecule has 118 valence electrons. The fourth-order valence-electron chi connectivity index (χ4n) is 2.63. The topological polar surface area (TPSA) is 54.1 Å². The summed E-state index contributed by atoms with van der Waals surface area (Å²) in [5, 5.41) is 3.16. The molecule has 0 saturated carbocycles. The summed E-state index contributed by atoms with van der Waals surface area (Å²) in [5.41, 5.74) is 2.57. The van der Waals surface area contributed by atoms with E-state index in [9.17, 15) is 9.18 Å². The van der Waals surface area contributed by atoms with Crippen LogP contribution in [0.25, 0.3) is 10.9 Å². The number of carbonyl (C=O) groups is 1. The van der Waals surface area contributed by atoms with Gasteiger partial charge < -0.3 is 15.0 Å². The van der Waals surface area contributed by atoms with Crippen LogP contribution >= 0.6 is 0 Å². The Bertz CT molecular complexity index is 853. The molecule has 4 nitrogen and oxygen atoms in total. The highest BCUT2D eigenvalue weighted by atomic mass is 19.1. The average molecular weight is 312 g/mol. The van der Waals surface area contributed by atoms with E-state index in [1.165, 1.54) is 6.07 Å². The number of methoxy groups -OCH3 is 1. The average Bonchev–Trinajstić information content (AvgIpc) is 2.90. The van der Waals surface area contributed by atoms with Crippen molar-refractivity contribution < 1.29 is 13.9 Å². The molecule has 0 atom stereocenters. The Labute approximate surface area is 133 Å². The molecule has 3 aromatic rings. The maximum Gasteiger partial charge on any atom is 0.254 e. The zero-order valence-corrected chi connectivity index (χ0v) is 12.9. The van der Waals surface area contributed by atoms with Gasteiger partial charge in [-0.25, -0.2) is 4.39 Å². The van der Waals surface area contributed by atoms with Gasteiger partial charge in [-0.1, -0.05) is 18.2 Å². The predicted octanol–water partition coefficient (Wildman–Crippen LogP) is 3.55. The van der Waals surface area contributed by atoms with E-state index < -0.39 is 5.82 Å². The number of ether oxygens (including phenoxy) is 1. The minimum Gasteiger partial charge on any atom is -0.497 e. The van der Waals surface area contributed by atoms with Gasteiger partial charge in [-0.15, -0.1) is 0 Å². The van der Waals surface area contributed by atoms with E-state index in [1.54, 1.807) is 26.2 Å². The lowest BCUT2D eigenvalue weighted by Crippen LogP contribution is -2.23. The molecule has 2 aromatic carbocycles. The summed E-state index contributed by atoms with van der Waals surface area (Å²) in [5.74, 6) is 0.0609. The van der Waals surface area contributed by atoms with Gasteiger partial charge in [0.2, 0.25) is 0 Å². The largest absolute Gasteiger partial charge is 0.497 e. The Kier molecular flexibility index (Phi) is 4.02. The fourth-order valence-corrected chi connectivity index (χ4v) is 2.63. The Morgan fingerprint density at radius 2 is 1.96 bits per heavy atom. The first-order chi connectivity index (χ1) is 11.1. The number of hydrogen-bond donors (Lipinski definition) is 2. The summed E-state index contributed by atoms with van der Waals surface area (Å²) < 4.78 is 19.2. The summed E-state index contributed by atoms with van der Waals surface area (Å²) in [6, 6.07) is 12.1. The molecule has 1 amide bonds. The van der Waals surface area contributed by atoms with Crippen LogP contribution in [0, 0.1) is 12.7 Å². The molecular formula is C18H17FN2O2. The molecule has 1 aromatic heterocycles. The van der Waals surface area contributed by atoms with Gasteiger partial charge in [-0.3, -0.25) is 4.79 Å². The smallest absolute Gasteiger partial charge is 0.254 e. The molecule has 5 heteroatoms. The molecule has 0 aliphatic rings. The van der Waals surface area contributed by atoms with Crippen molar-refractivity contribution in [1.82, 2.24) is 10.3 Å². The van der Waals surface area contributed by atoms with Gasteiger partial charge in [0.25, 0.3) is 5.91 Å². The predicted molar refractivity (Wildman–Crippen MR) is 87.2 cm³/mol. The Hall–Kier alpha value is -2.82. The highest BCUT2D eigenvalue weighted by Crippen LogP contribution is 2.24. The van der Waals surface area contributed by atoms with Gasteiger partial charge in [0.05, 0.1) is 12.7 Å². The summed E-state index contributed by atoms with van der Waals surface area (Å²) in [4.78, 5) is 15.5. The summed E-state index contributed by atoms with van der Waals surface area (Å²) >= 11 is 0. The van der Waals surface area contributed by atoms with Crippen LogP contribution in [0.2, 0.25) is 0 Å². The number of hydrogen-bond acceptors (Lipinski definition) is 2. The van der Waals surface area contributed by atoms with Gasteiger partial charge in [0.15, 0.2) is 0 Å². The van der Waals surface area contributed by atoms with Crippen LogP contribution < -0.4 is 10.1 Å². The normalized spacial score (nSPS) is 10.7. The van der Waals surface area contributed by atoms with Crippen LogP contribution in [0.15, 0.2) is 42.5 Å². The molecule has 0 fully saturated rings. The summed E-state index contributed by atoms with van der Waals surface area (Å²) in [7, 11) is 1.60. The van der Waals surface area contributed by atoms with Gasteiger partial charge in [0.1, 0.15) is 11.6 Å². The third kappa shape index (κ3) is 2.90. The van der Waals surface area contributed by atoms with Gasteiger partial charge in [-0.05, 0) is 36.8 Å². The second-order valence-corrected chi connectivity index (χ2v) is 5.32. The van der Waals surface area contributed by atoms with Crippen LogP contribution in [0.4, 0.5) is 4.39 Å². The van der Waals surface area contributed by atoms with Crippen molar-refractivity contribution in [3.05, 3.63) is 65.1 Å². The molecule has 0 saturated heterocycles. The lowest BCUT2D eigenvalue weighted by atomic mass is 10.1. The third-order valence-electron chi connectivity index (χ3n) is 3.80. The number of aromatic amines is 1. The Morgan fingerprint density at radius 3 is 2.65 bits per heavy atom. The standard InChI is InChI=1S/C18H17FN2O2/c1-11-16(17-14(19)4-3-5-15(17)21-11)18(22)20-10-12-6-8-13(23-2)9-7-12/h3-9,21H,10H2,1-2H3,(H,20,22). The van der Waals surface area contributed by atoms with Crippen molar-refractivity contribution in [2.75, 3.05) is 7.11 Å². The third-order valence-corrected chi connectivity index (χ3v) is 3.80. The van der Waals surface area contributed by atoms with Crippen molar-refractivity contribution in [1.29, 1.82) is 0 Å². The minimum absolute atomic E-state index is 0.297. The van der Waals surface area contributed by atoms with E-state index in [2.05, 4.69) is 10.3 Å². The Morgan fingerprint density at radius 1 is 1.22 bits per heavy atom. The van der Waals surface area contributed by atoms with E-state index in [0.717, 1.165) is 11.3 Å². The van der Waals surface area contributed by atoms with Crippen molar-refractivity contribution in [2.45, 2.75) is 13.5 Å². The molecule has 0 aliphatic heterocycles. The quantitative estimate of drug-likeness (QED) is 0.774. The number of aryl methyl sites for hydroxylation is 1. The van der Waals surface area contributed by atoms with Gasteiger partial charge in [0, 0.05) is 23.1 Å². The molecule has 1 heterocycles. The molecule has 23 heavy (non-hydrogen) atoms. The first-order valence-electron chi connectivity index (χ1n) is 7.28. The second kappa shape index (κ2) is 6.12. The lowest BCUT2D eigenvalue weighted by Gasteiger charge is -2.07. The minimum atomic E-state index is -0.401. The number of carbonyl (C=O) groups excluding carboxylic acids is 1. The summed E-state index contributed by atoms with van der Waals surface area (Å²) in [6.07, 6.45) is 0. The second-order valence-electron chi connectivity index (χ2n) is 5.32. The van der Waals surface area contributed by atoms with E-state index >= 15 is 0 Å². The number of fused-ring (bicyclic) bond motifs is 1. The molecule has 0 radical (unpaired) electrons. The maximum absolute atomic E-state index is 14.1. The van der Waals surface area contributed by atoms with E-state index in [4.69, 9.17) is 4.74 Å². The monoisotopic (exact) mass is 312 g/mol. The van der Waals surface area contributed by atoms with Crippen LogP contribution in [-0.4, -0.2) is 18.0 Å². The fraction of sp³-hybridized carbons (Fsp3) is 0.167. The number of aromatic nitrogens is 1. The van der Waals surface area contributed by atoms with Gasteiger partial charge in [-0.2, -0.15) is 0 Å². The Balaban J connectivity index is 1.82. The summed E-state index contributed by atoms with van der Waals surface area (Å²) in [6.45, 7) is 2.13. The van der Waals surface area contributed by atoms with Crippen LogP contribution in [-0.2, 0) is 6.54 Å². The number of nitrogens with one attached hydrogen (secondary N) is 2. The molecule has 0 aliphatic carbocycles. The molecule has 3 rings (SSSR count). The molecule has 0 spiro atoms. The van der Waals surface area contributed by atoms with E-state index in [1.807, 2.05) is 24.3 Å². The van der Waals surface area contributed by atoms with Crippen molar-refractivity contribution >= 4 is 16.8 Å². The van der Waals surface area contributed by atoms with Crippen molar-refractivity contribution in [2.24, 2.45) is 0 Å². The SMILES string of the molecule is COc1ccc(CNC(=O)c2c(C)[nH]c3cccc(F)c23)cc1. The van der Waals surface area contributed by atoms with E-state index in [0.29, 0.717) is 28.7 Å². The number of H-pyrrole nitrogens is 1.